The summed E-state index contributed by atoms with van der Waals surface area (Å²) in [5.74, 6) is 0. The number of hydrogen-bond acceptors (Lipinski definition) is 1. The standard InChI is InChI=1S/C11H7N2.Ir/c1-3-9-5-8-13-7-2-4-10(13)11(9)12-6-1;/h1-3,5-8H;/q-1;. The maximum atomic E-state index is 4.33. The van der Waals surface area contributed by atoms with E-state index >= 15 is 0 Å². The monoisotopic (exact) mass is 360 g/mol. The van der Waals surface area contributed by atoms with Gasteiger partial charge in [-0.25, -0.2) is 0 Å². The molecule has 0 atom stereocenters. The summed E-state index contributed by atoms with van der Waals surface area (Å²) in [5, 5.41) is 1.16. The van der Waals surface area contributed by atoms with E-state index in [2.05, 4.69) is 23.2 Å². The molecule has 0 aromatic carbocycles. The van der Waals surface area contributed by atoms with Crippen molar-refractivity contribution in [3.05, 3.63) is 48.9 Å². The number of fused-ring (bicyclic) bond motifs is 3. The van der Waals surface area contributed by atoms with Crippen LogP contribution in [0.15, 0.2) is 42.9 Å². The van der Waals surface area contributed by atoms with Crippen LogP contribution in [-0.4, -0.2) is 9.38 Å². The minimum Gasteiger partial charge on any atom is -0.397 e. The zero-order chi connectivity index (χ0) is 8.67. The summed E-state index contributed by atoms with van der Waals surface area (Å²) >= 11 is 0. The Morgan fingerprint density at radius 2 is 2.14 bits per heavy atom. The molecular formula is C11H7IrN2-. The zero-order valence-corrected chi connectivity index (χ0v) is 9.66. The van der Waals surface area contributed by atoms with Gasteiger partial charge in [0.2, 0.25) is 0 Å². The molecule has 0 unspecified atom stereocenters. The second-order valence-corrected chi connectivity index (χ2v) is 2.97. The van der Waals surface area contributed by atoms with Crippen molar-refractivity contribution in [3.63, 3.8) is 0 Å². The van der Waals surface area contributed by atoms with Crippen molar-refractivity contribution in [2.75, 3.05) is 0 Å². The Hall–Kier alpha value is -1.18. The van der Waals surface area contributed by atoms with E-state index in [1.165, 1.54) is 0 Å². The van der Waals surface area contributed by atoms with Gasteiger partial charge >= 0.3 is 0 Å². The van der Waals surface area contributed by atoms with Crippen molar-refractivity contribution in [3.8, 4) is 0 Å². The van der Waals surface area contributed by atoms with Crippen LogP contribution in [0.25, 0.3) is 16.4 Å². The van der Waals surface area contributed by atoms with Crippen molar-refractivity contribution in [1.82, 2.24) is 9.38 Å². The quantitative estimate of drug-likeness (QED) is 0.563. The molecule has 0 bridgehead atoms. The van der Waals surface area contributed by atoms with Crippen LogP contribution >= 0.6 is 0 Å². The largest absolute Gasteiger partial charge is 0.397 e. The van der Waals surface area contributed by atoms with Crippen LogP contribution in [0.5, 0.6) is 0 Å². The van der Waals surface area contributed by atoms with Gasteiger partial charge < -0.3 is 9.38 Å². The van der Waals surface area contributed by atoms with E-state index in [0.29, 0.717) is 0 Å². The van der Waals surface area contributed by atoms with Gasteiger partial charge in [-0.3, -0.25) is 0 Å². The van der Waals surface area contributed by atoms with E-state index in [9.17, 15) is 0 Å². The predicted molar refractivity (Wildman–Crippen MR) is 51.5 cm³/mol. The number of pyridine rings is 2. The van der Waals surface area contributed by atoms with Crippen LogP contribution < -0.4 is 0 Å². The number of rotatable bonds is 0. The molecule has 3 aromatic heterocycles. The molecule has 71 valence electrons. The molecule has 0 fully saturated rings. The van der Waals surface area contributed by atoms with E-state index in [4.69, 9.17) is 0 Å². The molecule has 0 aliphatic carbocycles. The Morgan fingerprint density at radius 1 is 1.21 bits per heavy atom. The van der Waals surface area contributed by atoms with Gasteiger partial charge in [-0.15, -0.1) is 0 Å². The van der Waals surface area contributed by atoms with Crippen molar-refractivity contribution in [2.24, 2.45) is 0 Å². The van der Waals surface area contributed by atoms with Crippen LogP contribution in [0, 0.1) is 6.07 Å². The molecular weight excluding hydrogens is 352 g/mol. The molecule has 3 heterocycles. The van der Waals surface area contributed by atoms with E-state index in [1.54, 1.807) is 0 Å². The maximum absolute atomic E-state index is 4.33. The summed E-state index contributed by atoms with van der Waals surface area (Å²) in [5.41, 5.74) is 2.05. The molecule has 0 aliphatic rings. The Balaban J connectivity index is 0.000000750. The first-order valence-corrected chi connectivity index (χ1v) is 4.17. The number of hydrogen-bond donors (Lipinski definition) is 0. The first-order valence-electron chi connectivity index (χ1n) is 4.17. The third-order valence-electron chi connectivity index (χ3n) is 2.19. The maximum Gasteiger partial charge on any atom is 0.0125 e. The number of aromatic nitrogens is 2. The molecule has 3 heteroatoms. The van der Waals surface area contributed by atoms with Gasteiger partial charge in [0.15, 0.2) is 0 Å². The van der Waals surface area contributed by atoms with E-state index in [1.807, 2.05) is 35.1 Å². The molecule has 3 rings (SSSR count). The van der Waals surface area contributed by atoms with Gasteiger partial charge in [0, 0.05) is 26.3 Å². The smallest absolute Gasteiger partial charge is 0.0125 e. The molecule has 0 saturated heterocycles. The molecule has 0 amide bonds. The average molecular weight is 359 g/mol. The molecule has 3 aromatic rings. The Kier molecular flexibility index (Phi) is 2.36. The van der Waals surface area contributed by atoms with Crippen molar-refractivity contribution in [2.45, 2.75) is 0 Å². The Labute approximate surface area is 94.9 Å². The minimum absolute atomic E-state index is 0. The summed E-state index contributed by atoms with van der Waals surface area (Å²) in [6.45, 7) is 0. The van der Waals surface area contributed by atoms with Crippen molar-refractivity contribution in [1.29, 1.82) is 0 Å². The van der Waals surface area contributed by atoms with Crippen molar-refractivity contribution < 1.29 is 20.1 Å². The minimum atomic E-state index is 0. The van der Waals surface area contributed by atoms with Gasteiger partial charge in [-0.05, 0) is 23.8 Å². The van der Waals surface area contributed by atoms with Crippen molar-refractivity contribution >= 4 is 16.4 Å². The Bertz CT molecular complexity index is 571. The van der Waals surface area contributed by atoms with Crippen LogP contribution in [0.3, 0.4) is 0 Å². The van der Waals surface area contributed by atoms with Crippen LogP contribution in [0.4, 0.5) is 0 Å². The molecule has 0 aliphatic heterocycles. The molecule has 2 nitrogen and oxygen atoms in total. The van der Waals surface area contributed by atoms with Gasteiger partial charge in [0.25, 0.3) is 0 Å². The molecule has 0 spiro atoms. The molecule has 0 saturated carbocycles. The van der Waals surface area contributed by atoms with Gasteiger partial charge in [-0.1, -0.05) is 23.2 Å². The van der Waals surface area contributed by atoms with E-state index < -0.39 is 0 Å². The normalized spacial score (nSPS) is 10.3. The fourth-order valence-electron chi connectivity index (χ4n) is 1.57. The average Bonchev–Trinajstić information content (AvgIpc) is 2.65. The molecule has 14 heavy (non-hydrogen) atoms. The first kappa shape index (κ1) is 9.38. The second-order valence-electron chi connectivity index (χ2n) is 2.97. The third kappa shape index (κ3) is 1.26. The summed E-state index contributed by atoms with van der Waals surface area (Å²) in [7, 11) is 0. The summed E-state index contributed by atoms with van der Waals surface area (Å²) in [6.07, 6.45) is 5.81. The fraction of sp³-hybridized carbons (Fsp3) is 0. The summed E-state index contributed by atoms with van der Waals surface area (Å²) in [6, 6.07) is 11.1. The van der Waals surface area contributed by atoms with Crippen LogP contribution in [-0.2, 0) is 20.1 Å². The Morgan fingerprint density at radius 3 is 3.07 bits per heavy atom. The SMILES string of the molecule is [Ir].[c-]1ccn2ccc3cccnc3c12. The molecule has 1 radical (unpaired) electrons. The summed E-state index contributed by atoms with van der Waals surface area (Å²) < 4.78 is 2.02. The summed E-state index contributed by atoms with van der Waals surface area (Å²) in [4.78, 5) is 4.33. The third-order valence-corrected chi connectivity index (χ3v) is 2.19. The molecule has 0 N–H and O–H groups in total. The fourth-order valence-corrected chi connectivity index (χ4v) is 1.57. The first-order chi connectivity index (χ1) is 6.45. The zero-order valence-electron chi connectivity index (χ0n) is 7.27. The van der Waals surface area contributed by atoms with Gasteiger partial charge in [0.05, 0.1) is 0 Å². The van der Waals surface area contributed by atoms with E-state index in [-0.39, 0.29) is 20.1 Å². The predicted octanol–water partition coefficient (Wildman–Crippen LogP) is 2.29. The van der Waals surface area contributed by atoms with Gasteiger partial charge in [0.1, 0.15) is 0 Å². The van der Waals surface area contributed by atoms with Crippen LogP contribution in [0.1, 0.15) is 0 Å². The second kappa shape index (κ2) is 3.52. The van der Waals surface area contributed by atoms with Gasteiger partial charge in [-0.2, -0.15) is 12.1 Å². The van der Waals surface area contributed by atoms with Crippen LogP contribution in [0.2, 0.25) is 0 Å². The topological polar surface area (TPSA) is 17.3 Å². The van der Waals surface area contributed by atoms with E-state index in [0.717, 1.165) is 16.4 Å². The number of nitrogens with zero attached hydrogens (tertiary/aromatic N) is 2.